The van der Waals surface area contributed by atoms with Crippen molar-refractivity contribution in [2.75, 3.05) is 19.1 Å². The maximum atomic E-state index is 14.3. The van der Waals surface area contributed by atoms with Gasteiger partial charge >= 0.3 is 0 Å². The molecule has 0 radical (unpaired) electrons. The number of nitrogens with zero attached hydrogens (tertiary/aromatic N) is 5. The lowest BCUT2D eigenvalue weighted by Crippen LogP contribution is -2.66. The number of aromatic nitrogens is 4. The summed E-state index contributed by atoms with van der Waals surface area (Å²) < 4.78 is 19.4. The molecule has 2 bridgehead atoms. The molecule has 2 N–H and O–H groups in total. The second-order valence-corrected chi connectivity index (χ2v) is 10.4. The number of aromatic hydroxyl groups is 1. The Bertz CT molecular complexity index is 1220. The maximum Gasteiger partial charge on any atom is 0.213 e. The molecule has 1 aromatic carbocycles. The van der Waals surface area contributed by atoms with Gasteiger partial charge in [0, 0.05) is 35.8 Å². The first-order chi connectivity index (χ1) is 16.7. The summed E-state index contributed by atoms with van der Waals surface area (Å²) >= 11 is 0. The molecule has 9 heteroatoms. The highest BCUT2D eigenvalue weighted by Gasteiger charge is 2.46. The molecule has 0 aliphatic carbocycles. The predicted molar refractivity (Wildman–Crippen MR) is 132 cm³/mol. The van der Waals surface area contributed by atoms with Crippen LogP contribution in [0.15, 0.2) is 36.7 Å². The van der Waals surface area contributed by atoms with Gasteiger partial charge in [0.25, 0.3) is 0 Å². The van der Waals surface area contributed by atoms with E-state index in [-0.39, 0.29) is 28.3 Å². The molecule has 2 aliphatic heterocycles. The fourth-order valence-electron chi connectivity index (χ4n) is 5.80. The Kier molecular flexibility index (Phi) is 5.83. The molecule has 0 amide bonds. The number of nitrogens with one attached hydrogen (secondary N) is 1. The van der Waals surface area contributed by atoms with Gasteiger partial charge in [0.05, 0.1) is 25.1 Å². The molecule has 3 atom stereocenters. The topological polar surface area (TPSA) is 96.3 Å². The standard InChI is InChI=1S/C26H31FN6O2/c1-25-8-5-9-26(2,32-25)13-17(12-25)33(3)22-15-29-24(31-30-22)18-7-6-16(10-21(18)34)19-11-23(35-4)28-14-20(19)27/h6-7,10-11,14-15,17,32,34H,5,8-9,12-13H2,1-4H3/t17?,25-,26+. The highest BCUT2D eigenvalue weighted by atomic mass is 19.1. The van der Waals surface area contributed by atoms with Crippen molar-refractivity contribution in [3.8, 4) is 34.1 Å². The number of fused-ring (bicyclic) bond motifs is 2. The Labute approximate surface area is 204 Å². The normalized spacial score (nSPS) is 25.8. The van der Waals surface area contributed by atoms with Crippen molar-refractivity contribution in [1.82, 2.24) is 25.5 Å². The number of hydrogen-bond donors (Lipinski definition) is 2. The third-order valence-corrected chi connectivity index (χ3v) is 7.48. The molecule has 5 rings (SSSR count). The SMILES string of the molecule is COc1cc(-c2ccc(-c3ncc(N(C)C4C[C@]5(C)CCC[C@](C)(C4)N5)nn3)c(O)c2)c(F)cn1. The zero-order valence-electron chi connectivity index (χ0n) is 20.5. The molecule has 3 aromatic rings. The quantitative estimate of drug-likeness (QED) is 0.559. The maximum absolute atomic E-state index is 14.3. The molecular formula is C26H31FN6O2. The van der Waals surface area contributed by atoms with Gasteiger partial charge in [0.2, 0.25) is 5.88 Å². The predicted octanol–water partition coefficient (Wildman–Crippen LogP) is 4.34. The minimum absolute atomic E-state index is 0.0624. The summed E-state index contributed by atoms with van der Waals surface area (Å²) in [6.45, 7) is 4.63. The van der Waals surface area contributed by atoms with Gasteiger partial charge in [-0.2, -0.15) is 0 Å². The van der Waals surface area contributed by atoms with Crippen LogP contribution in [0.4, 0.5) is 10.2 Å². The Morgan fingerprint density at radius 3 is 2.43 bits per heavy atom. The van der Waals surface area contributed by atoms with Gasteiger partial charge < -0.3 is 20.1 Å². The number of piperidine rings is 2. The smallest absolute Gasteiger partial charge is 0.213 e. The molecule has 2 saturated heterocycles. The highest BCUT2D eigenvalue weighted by Crippen LogP contribution is 2.42. The Morgan fingerprint density at radius 1 is 1.06 bits per heavy atom. The van der Waals surface area contributed by atoms with Gasteiger partial charge in [-0.15, -0.1) is 10.2 Å². The van der Waals surface area contributed by atoms with Gasteiger partial charge in [-0.1, -0.05) is 6.07 Å². The van der Waals surface area contributed by atoms with Crippen molar-refractivity contribution < 1.29 is 14.2 Å². The van der Waals surface area contributed by atoms with E-state index < -0.39 is 5.82 Å². The van der Waals surface area contributed by atoms with Crippen LogP contribution < -0.4 is 15.0 Å². The minimum Gasteiger partial charge on any atom is -0.507 e. The van der Waals surface area contributed by atoms with Gasteiger partial charge in [-0.3, -0.25) is 0 Å². The number of phenols is 1. The Hall–Kier alpha value is -3.33. The van der Waals surface area contributed by atoms with Gasteiger partial charge in [-0.25, -0.2) is 14.4 Å². The number of methoxy groups -OCH3 is 1. The van der Waals surface area contributed by atoms with Gasteiger partial charge in [0.1, 0.15) is 11.6 Å². The summed E-state index contributed by atoms with van der Waals surface area (Å²) in [5.74, 6) is 0.728. The lowest BCUT2D eigenvalue weighted by Gasteiger charge is -2.55. The lowest BCUT2D eigenvalue weighted by molar-refractivity contribution is 0.0784. The van der Waals surface area contributed by atoms with Crippen LogP contribution >= 0.6 is 0 Å². The van der Waals surface area contributed by atoms with E-state index in [0.29, 0.717) is 28.8 Å². The van der Waals surface area contributed by atoms with Crippen molar-refractivity contribution in [1.29, 1.82) is 0 Å². The molecule has 2 aliphatic rings. The van der Waals surface area contributed by atoms with E-state index in [1.807, 2.05) is 7.05 Å². The van der Waals surface area contributed by atoms with Crippen LogP contribution in [0.25, 0.3) is 22.5 Å². The summed E-state index contributed by atoms with van der Waals surface area (Å²) in [5.41, 5.74) is 1.47. The van der Waals surface area contributed by atoms with Crippen LogP contribution in [-0.4, -0.2) is 56.5 Å². The molecule has 8 nitrogen and oxygen atoms in total. The molecule has 1 unspecified atom stereocenters. The van der Waals surface area contributed by atoms with E-state index in [1.54, 1.807) is 18.3 Å². The van der Waals surface area contributed by atoms with Gasteiger partial charge in [0.15, 0.2) is 11.6 Å². The summed E-state index contributed by atoms with van der Waals surface area (Å²) in [6, 6.07) is 6.67. The van der Waals surface area contributed by atoms with E-state index >= 15 is 0 Å². The van der Waals surface area contributed by atoms with Gasteiger partial charge in [-0.05, 0) is 63.6 Å². The second-order valence-electron chi connectivity index (χ2n) is 10.4. The van der Waals surface area contributed by atoms with Crippen molar-refractivity contribution in [3.05, 3.63) is 42.5 Å². The number of rotatable bonds is 5. The first-order valence-corrected chi connectivity index (χ1v) is 11.9. The summed E-state index contributed by atoms with van der Waals surface area (Å²) in [6.07, 6.45) is 8.50. The molecule has 2 fully saturated rings. The first kappa shape index (κ1) is 23.4. The Morgan fingerprint density at radius 2 is 1.80 bits per heavy atom. The number of pyridine rings is 1. The number of anilines is 1. The average molecular weight is 479 g/mol. The average Bonchev–Trinajstić information content (AvgIpc) is 2.83. The lowest BCUT2D eigenvalue weighted by atomic mass is 9.69. The molecule has 0 spiro atoms. The third-order valence-electron chi connectivity index (χ3n) is 7.48. The zero-order chi connectivity index (χ0) is 24.8. The summed E-state index contributed by atoms with van der Waals surface area (Å²) in [5, 5.41) is 23.2. The van der Waals surface area contributed by atoms with Crippen LogP contribution in [0.1, 0.15) is 46.0 Å². The van der Waals surface area contributed by atoms with Crippen LogP contribution in [0, 0.1) is 5.82 Å². The fourth-order valence-corrected chi connectivity index (χ4v) is 5.80. The van der Waals surface area contributed by atoms with Crippen molar-refractivity contribution in [3.63, 3.8) is 0 Å². The monoisotopic (exact) mass is 478 g/mol. The van der Waals surface area contributed by atoms with Crippen molar-refractivity contribution in [2.45, 2.75) is 63.1 Å². The molecule has 2 aromatic heterocycles. The minimum atomic E-state index is -0.506. The van der Waals surface area contributed by atoms with E-state index in [9.17, 15) is 9.50 Å². The molecule has 0 saturated carbocycles. The van der Waals surface area contributed by atoms with Crippen LogP contribution in [0.3, 0.4) is 0 Å². The number of benzene rings is 1. The summed E-state index contributed by atoms with van der Waals surface area (Å²) in [7, 11) is 3.51. The first-order valence-electron chi connectivity index (χ1n) is 11.9. The zero-order valence-corrected chi connectivity index (χ0v) is 20.5. The highest BCUT2D eigenvalue weighted by molar-refractivity contribution is 5.73. The second kappa shape index (κ2) is 8.71. The van der Waals surface area contributed by atoms with E-state index in [0.717, 1.165) is 19.0 Å². The Balaban J connectivity index is 1.36. The van der Waals surface area contributed by atoms with Crippen LogP contribution in [0.5, 0.6) is 11.6 Å². The summed E-state index contributed by atoms with van der Waals surface area (Å²) in [4.78, 5) is 10.5. The van der Waals surface area contributed by atoms with E-state index in [1.165, 1.54) is 38.5 Å². The number of halogens is 1. The van der Waals surface area contributed by atoms with E-state index in [4.69, 9.17) is 4.74 Å². The number of phenolic OH excluding ortho intramolecular Hbond substituents is 1. The van der Waals surface area contributed by atoms with Crippen LogP contribution in [0.2, 0.25) is 0 Å². The number of hydrogen-bond acceptors (Lipinski definition) is 8. The van der Waals surface area contributed by atoms with Crippen molar-refractivity contribution >= 4 is 5.82 Å². The molecule has 4 heterocycles. The third kappa shape index (κ3) is 4.52. The molecule has 184 valence electrons. The largest absolute Gasteiger partial charge is 0.507 e. The van der Waals surface area contributed by atoms with Crippen molar-refractivity contribution in [2.24, 2.45) is 0 Å². The molecular weight excluding hydrogens is 447 g/mol. The van der Waals surface area contributed by atoms with Crippen LogP contribution in [-0.2, 0) is 0 Å². The number of ether oxygens (including phenoxy) is 1. The fraction of sp³-hybridized carbons (Fsp3) is 0.462. The molecule has 35 heavy (non-hydrogen) atoms. The van der Waals surface area contributed by atoms with E-state index in [2.05, 4.69) is 44.2 Å².